The Morgan fingerprint density at radius 3 is 3.28 bits per heavy atom. The number of ether oxygens (including phenoxy) is 1. The zero-order chi connectivity index (χ0) is 12.5. The molecule has 7 heteroatoms. The Bertz CT molecular complexity index is 605. The molecule has 0 radical (unpaired) electrons. The van der Waals surface area contributed by atoms with Gasteiger partial charge in [-0.15, -0.1) is 5.10 Å². The Morgan fingerprint density at radius 2 is 2.50 bits per heavy atom. The van der Waals surface area contributed by atoms with Crippen molar-refractivity contribution in [1.82, 2.24) is 19.8 Å². The molecule has 3 rings (SSSR count). The molecule has 7 nitrogen and oxygen atoms in total. The lowest BCUT2D eigenvalue weighted by Crippen LogP contribution is -2.22. The number of fused-ring (bicyclic) bond motifs is 1. The molecule has 0 bridgehead atoms. The molecule has 2 aromatic heterocycles. The molecule has 2 aromatic rings. The van der Waals surface area contributed by atoms with Crippen molar-refractivity contribution in [3.05, 3.63) is 22.6 Å². The summed E-state index contributed by atoms with van der Waals surface area (Å²) in [5.74, 6) is 1.16. The Hall–Kier alpha value is -1.89. The van der Waals surface area contributed by atoms with Gasteiger partial charge in [-0.2, -0.15) is 9.61 Å². The highest BCUT2D eigenvalue weighted by Crippen LogP contribution is 2.20. The molecule has 0 aliphatic carbocycles. The van der Waals surface area contributed by atoms with Gasteiger partial charge < -0.3 is 10.1 Å². The van der Waals surface area contributed by atoms with E-state index in [4.69, 9.17) is 4.74 Å². The minimum atomic E-state index is -0.328. The largest absolute Gasteiger partial charge is 0.378 e. The molecule has 2 N–H and O–H groups in total. The molecular weight excluding hydrogens is 234 g/mol. The second-order valence-corrected chi connectivity index (χ2v) is 4.52. The van der Waals surface area contributed by atoms with Gasteiger partial charge in [0.1, 0.15) is 5.82 Å². The van der Waals surface area contributed by atoms with Crippen molar-refractivity contribution in [1.29, 1.82) is 0 Å². The van der Waals surface area contributed by atoms with Crippen LogP contribution in [0.3, 0.4) is 0 Å². The van der Waals surface area contributed by atoms with E-state index in [1.807, 2.05) is 6.07 Å². The topological polar surface area (TPSA) is 84.3 Å². The van der Waals surface area contributed by atoms with Gasteiger partial charge in [-0.05, 0) is 25.5 Å². The molecular formula is C11H15N5O2. The van der Waals surface area contributed by atoms with Gasteiger partial charge in [0.15, 0.2) is 5.65 Å². The molecule has 1 aliphatic heterocycles. The standard InChI is InChI=1S/C11H15N5O2/c1-7-8(4-5-18-7)6-12-9-2-3-10-13-14-11(17)16(10)15-9/h2-3,7-8H,4-6H2,1H3,(H,12,15)(H,14,17). The summed E-state index contributed by atoms with van der Waals surface area (Å²) in [5, 5.41) is 13.6. The van der Waals surface area contributed by atoms with Crippen molar-refractivity contribution in [2.75, 3.05) is 18.5 Å². The van der Waals surface area contributed by atoms with Crippen LogP contribution in [0, 0.1) is 5.92 Å². The molecule has 1 saturated heterocycles. The molecule has 3 heterocycles. The Balaban J connectivity index is 1.74. The van der Waals surface area contributed by atoms with Crippen LogP contribution in [-0.2, 0) is 4.74 Å². The Morgan fingerprint density at radius 1 is 1.61 bits per heavy atom. The van der Waals surface area contributed by atoms with Crippen LogP contribution in [0.2, 0.25) is 0 Å². The first-order valence-corrected chi connectivity index (χ1v) is 6.04. The summed E-state index contributed by atoms with van der Waals surface area (Å²) in [6.07, 6.45) is 1.33. The van der Waals surface area contributed by atoms with E-state index in [9.17, 15) is 4.79 Å². The Labute approximate surface area is 103 Å². The van der Waals surface area contributed by atoms with Gasteiger partial charge in [0.25, 0.3) is 0 Å². The van der Waals surface area contributed by atoms with Crippen molar-refractivity contribution in [3.8, 4) is 0 Å². The second kappa shape index (κ2) is 4.41. The number of aromatic amines is 1. The third kappa shape index (κ3) is 1.97. The summed E-state index contributed by atoms with van der Waals surface area (Å²) >= 11 is 0. The lowest BCUT2D eigenvalue weighted by molar-refractivity contribution is 0.108. The predicted octanol–water partition coefficient (Wildman–Crippen LogP) is 0.254. The van der Waals surface area contributed by atoms with Crippen molar-refractivity contribution in [2.24, 2.45) is 5.92 Å². The van der Waals surface area contributed by atoms with E-state index in [-0.39, 0.29) is 11.8 Å². The average Bonchev–Trinajstić information content (AvgIpc) is 2.94. The smallest absolute Gasteiger partial charge is 0.364 e. The van der Waals surface area contributed by atoms with Crippen molar-refractivity contribution >= 4 is 11.5 Å². The van der Waals surface area contributed by atoms with Gasteiger partial charge in [-0.1, -0.05) is 0 Å². The van der Waals surface area contributed by atoms with Gasteiger partial charge in [0, 0.05) is 19.1 Å². The SMILES string of the molecule is CC1OCCC1CNc1ccc2n[nH]c(=O)n2n1. The van der Waals surface area contributed by atoms with Crippen LogP contribution in [0.5, 0.6) is 0 Å². The first kappa shape index (κ1) is 11.2. The third-order valence-corrected chi connectivity index (χ3v) is 3.35. The van der Waals surface area contributed by atoms with Crippen LogP contribution < -0.4 is 11.0 Å². The van der Waals surface area contributed by atoms with E-state index in [1.54, 1.807) is 6.07 Å². The summed E-state index contributed by atoms with van der Waals surface area (Å²) < 4.78 is 6.75. The minimum absolute atomic E-state index is 0.276. The maximum atomic E-state index is 11.4. The van der Waals surface area contributed by atoms with E-state index < -0.39 is 0 Å². The van der Waals surface area contributed by atoms with Gasteiger partial charge in [0.2, 0.25) is 0 Å². The molecule has 1 fully saturated rings. The molecule has 0 spiro atoms. The highest BCUT2D eigenvalue weighted by atomic mass is 16.5. The maximum Gasteiger partial charge on any atom is 0.364 e. The zero-order valence-corrected chi connectivity index (χ0v) is 10.1. The van der Waals surface area contributed by atoms with E-state index in [0.29, 0.717) is 17.4 Å². The van der Waals surface area contributed by atoms with E-state index in [0.717, 1.165) is 19.6 Å². The number of rotatable bonds is 3. The highest BCUT2D eigenvalue weighted by Gasteiger charge is 2.23. The molecule has 0 saturated carbocycles. The summed E-state index contributed by atoms with van der Waals surface area (Å²) in [7, 11) is 0. The van der Waals surface area contributed by atoms with Crippen LogP contribution in [0.25, 0.3) is 5.65 Å². The summed E-state index contributed by atoms with van der Waals surface area (Å²) in [6, 6.07) is 3.57. The van der Waals surface area contributed by atoms with E-state index in [1.165, 1.54) is 4.52 Å². The second-order valence-electron chi connectivity index (χ2n) is 4.52. The Kier molecular flexibility index (Phi) is 2.75. The molecule has 2 unspecified atom stereocenters. The first-order valence-electron chi connectivity index (χ1n) is 6.04. The van der Waals surface area contributed by atoms with Crippen molar-refractivity contribution in [2.45, 2.75) is 19.4 Å². The number of nitrogens with zero attached hydrogens (tertiary/aromatic N) is 3. The number of hydrogen-bond donors (Lipinski definition) is 2. The van der Waals surface area contributed by atoms with Gasteiger partial charge in [-0.25, -0.2) is 9.89 Å². The molecule has 2 atom stereocenters. The number of H-pyrrole nitrogens is 1. The van der Waals surface area contributed by atoms with Crippen LogP contribution in [0.1, 0.15) is 13.3 Å². The lowest BCUT2D eigenvalue weighted by atomic mass is 10.0. The molecule has 1 aliphatic rings. The lowest BCUT2D eigenvalue weighted by Gasteiger charge is -2.14. The normalized spacial score (nSPS) is 23.6. The maximum absolute atomic E-state index is 11.4. The van der Waals surface area contributed by atoms with Crippen molar-refractivity contribution in [3.63, 3.8) is 0 Å². The predicted molar refractivity (Wildman–Crippen MR) is 65.6 cm³/mol. The summed E-state index contributed by atoms with van der Waals surface area (Å²) in [4.78, 5) is 11.4. The van der Waals surface area contributed by atoms with Gasteiger partial charge in [-0.3, -0.25) is 0 Å². The number of nitrogens with one attached hydrogen (secondary N) is 2. The molecule has 0 aromatic carbocycles. The fourth-order valence-electron chi connectivity index (χ4n) is 2.18. The summed E-state index contributed by atoms with van der Waals surface area (Å²) in [5.41, 5.74) is 0.189. The molecule has 18 heavy (non-hydrogen) atoms. The quantitative estimate of drug-likeness (QED) is 0.814. The summed E-state index contributed by atoms with van der Waals surface area (Å²) in [6.45, 7) is 3.70. The van der Waals surface area contributed by atoms with Crippen LogP contribution >= 0.6 is 0 Å². The van der Waals surface area contributed by atoms with Crippen LogP contribution in [0.4, 0.5) is 5.82 Å². The monoisotopic (exact) mass is 249 g/mol. The molecule has 96 valence electrons. The van der Waals surface area contributed by atoms with Crippen LogP contribution in [-0.4, -0.2) is 39.1 Å². The van der Waals surface area contributed by atoms with Crippen LogP contribution in [0.15, 0.2) is 16.9 Å². The van der Waals surface area contributed by atoms with Gasteiger partial charge in [0.05, 0.1) is 6.10 Å². The minimum Gasteiger partial charge on any atom is -0.378 e. The van der Waals surface area contributed by atoms with Crippen molar-refractivity contribution < 1.29 is 4.74 Å². The highest BCUT2D eigenvalue weighted by molar-refractivity contribution is 5.42. The molecule has 0 amide bonds. The first-order chi connectivity index (χ1) is 8.74. The fraction of sp³-hybridized carbons (Fsp3) is 0.545. The average molecular weight is 249 g/mol. The number of anilines is 1. The fourth-order valence-corrected chi connectivity index (χ4v) is 2.18. The number of hydrogen-bond acceptors (Lipinski definition) is 5. The van der Waals surface area contributed by atoms with E-state index >= 15 is 0 Å². The third-order valence-electron chi connectivity index (χ3n) is 3.35. The zero-order valence-electron chi connectivity index (χ0n) is 10.1. The van der Waals surface area contributed by atoms with E-state index in [2.05, 4.69) is 27.5 Å². The number of aromatic nitrogens is 4. The van der Waals surface area contributed by atoms with Gasteiger partial charge >= 0.3 is 5.69 Å².